The first kappa shape index (κ1) is 12.7. The Morgan fingerprint density at radius 1 is 1.42 bits per heavy atom. The number of nitrogens with zero attached hydrogens (tertiary/aromatic N) is 2. The summed E-state index contributed by atoms with van der Waals surface area (Å²) in [5.41, 5.74) is 9.28. The second-order valence-corrected chi connectivity index (χ2v) is 5.19. The van der Waals surface area contributed by atoms with E-state index < -0.39 is 6.10 Å². The van der Waals surface area contributed by atoms with Crippen molar-refractivity contribution in [3.8, 4) is 5.69 Å². The molecule has 0 saturated heterocycles. The minimum Gasteiger partial charge on any atom is -0.388 e. The van der Waals surface area contributed by atoms with E-state index in [1.54, 1.807) is 0 Å². The van der Waals surface area contributed by atoms with E-state index in [-0.39, 0.29) is 0 Å². The number of aliphatic hydroxyl groups excluding tert-OH is 1. The lowest BCUT2D eigenvalue weighted by atomic mass is 9.93. The number of benzene rings is 1. The summed E-state index contributed by atoms with van der Waals surface area (Å²) < 4.78 is 1.84. The van der Waals surface area contributed by atoms with Crippen molar-refractivity contribution in [3.05, 3.63) is 46.2 Å². The van der Waals surface area contributed by atoms with Gasteiger partial charge in [-0.15, -0.1) is 0 Å². The molecule has 0 spiro atoms. The molecule has 0 amide bonds. The van der Waals surface area contributed by atoms with E-state index in [0.29, 0.717) is 11.6 Å². The fourth-order valence-electron chi connectivity index (χ4n) is 2.72. The Morgan fingerprint density at radius 3 is 2.95 bits per heavy atom. The summed E-state index contributed by atoms with van der Waals surface area (Å²) in [6.45, 7) is 0.330. The van der Waals surface area contributed by atoms with Crippen molar-refractivity contribution in [3.63, 3.8) is 0 Å². The Kier molecular flexibility index (Phi) is 3.31. The molecule has 0 bridgehead atoms. The van der Waals surface area contributed by atoms with Crippen LogP contribution in [0.2, 0.25) is 5.02 Å². The zero-order valence-corrected chi connectivity index (χ0v) is 11.3. The molecule has 1 aromatic carbocycles. The SMILES string of the molecule is NCc1nn(-c2ccccc2Cl)c2c1C(O)CCC2. The molecule has 5 heteroatoms. The predicted molar refractivity (Wildman–Crippen MR) is 74.4 cm³/mol. The Hall–Kier alpha value is -1.36. The van der Waals surface area contributed by atoms with Crippen LogP contribution >= 0.6 is 11.6 Å². The molecule has 1 aliphatic rings. The highest BCUT2D eigenvalue weighted by atomic mass is 35.5. The number of nitrogens with two attached hydrogens (primary N) is 1. The standard InChI is InChI=1S/C14H16ClN3O/c15-9-4-1-2-5-11(9)18-12-6-3-7-13(19)14(12)10(8-16)17-18/h1-2,4-5,13,19H,3,6-8,16H2. The lowest BCUT2D eigenvalue weighted by Gasteiger charge is -2.19. The Bertz CT molecular complexity index is 609. The minimum atomic E-state index is -0.460. The number of aromatic nitrogens is 2. The molecule has 0 fully saturated rings. The van der Waals surface area contributed by atoms with Crippen molar-refractivity contribution < 1.29 is 5.11 Å². The second-order valence-electron chi connectivity index (χ2n) is 4.78. The van der Waals surface area contributed by atoms with Crippen LogP contribution in [0.1, 0.15) is 35.9 Å². The lowest BCUT2D eigenvalue weighted by molar-refractivity contribution is 0.155. The van der Waals surface area contributed by atoms with Gasteiger partial charge in [0, 0.05) is 12.1 Å². The molecular weight excluding hydrogens is 262 g/mol. The number of hydrogen-bond acceptors (Lipinski definition) is 3. The topological polar surface area (TPSA) is 64.1 Å². The van der Waals surface area contributed by atoms with E-state index >= 15 is 0 Å². The zero-order chi connectivity index (χ0) is 13.4. The van der Waals surface area contributed by atoms with E-state index in [1.165, 1.54) is 0 Å². The highest BCUT2D eigenvalue weighted by molar-refractivity contribution is 6.32. The van der Waals surface area contributed by atoms with Gasteiger partial charge in [0.1, 0.15) is 0 Å². The highest BCUT2D eigenvalue weighted by Gasteiger charge is 2.27. The number of hydrogen-bond donors (Lipinski definition) is 2. The van der Waals surface area contributed by atoms with Crippen molar-refractivity contribution in [2.75, 3.05) is 0 Å². The fourth-order valence-corrected chi connectivity index (χ4v) is 2.94. The molecule has 19 heavy (non-hydrogen) atoms. The first-order valence-corrected chi connectivity index (χ1v) is 6.84. The van der Waals surface area contributed by atoms with Gasteiger partial charge in [0.2, 0.25) is 0 Å². The monoisotopic (exact) mass is 277 g/mol. The third kappa shape index (κ3) is 2.06. The minimum absolute atomic E-state index is 0.330. The van der Waals surface area contributed by atoms with E-state index in [0.717, 1.165) is 41.9 Å². The van der Waals surface area contributed by atoms with Gasteiger partial charge in [-0.3, -0.25) is 0 Å². The van der Waals surface area contributed by atoms with Crippen LogP contribution in [0.4, 0.5) is 0 Å². The molecule has 0 saturated carbocycles. The quantitative estimate of drug-likeness (QED) is 0.886. The normalized spacial score (nSPS) is 18.4. The molecule has 3 rings (SSSR count). The van der Waals surface area contributed by atoms with Crippen LogP contribution in [0.15, 0.2) is 24.3 Å². The summed E-state index contributed by atoms with van der Waals surface area (Å²) in [7, 11) is 0. The summed E-state index contributed by atoms with van der Waals surface area (Å²) in [4.78, 5) is 0. The van der Waals surface area contributed by atoms with E-state index in [2.05, 4.69) is 5.10 Å². The van der Waals surface area contributed by atoms with Crippen molar-refractivity contribution in [1.29, 1.82) is 0 Å². The molecular formula is C14H16ClN3O. The summed E-state index contributed by atoms with van der Waals surface area (Å²) >= 11 is 6.24. The van der Waals surface area contributed by atoms with Gasteiger partial charge >= 0.3 is 0 Å². The molecule has 4 nitrogen and oxygen atoms in total. The number of aliphatic hydroxyl groups is 1. The van der Waals surface area contributed by atoms with E-state index in [9.17, 15) is 5.11 Å². The summed E-state index contributed by atoms with van der Waals surface area (Å²) in [6, 6.07) is 7.58. The lowest BCUT2D eigenvalue weighted by Crippen LogP contribution is -2.13. The van der Waals surface area contributed by atoms with Crippen molar-refractivity contribution in [2.24, 2.45) is 5.73 Å². The van der Waals surface area contributed by atoms with Crippen LogP contribution in [-0.4, -0.2) is 14.9 Å². The van der Waals surface area contributed by atoms with Crippen LogP contribution in [0.25, 0.3) is 5.69 Å². The van der Waals surface area contributed by atoms with Gasteiger partial charge < -0.3 is 10.8 Å². The first-order valence-electron chi connectivity index (χ1n) is 6.46. The third-order valence-electron chi connectivity index (χ3n) is 3.60. The smallest absolute Gasteiger partial charge is 0.0835 e. The van der Waals surface area contributed by atoms with Crippen LogP contribution in [-0.2, 0) is 13.0 Å². The molecule has 1 atom stereocenters. The summed E-state index contributed by atoms with van der Waals surface area (Å²) in [5, 5.41) is 15.3. The summed E-state index contributed by atoms with van der Waals surface area (Å²) in [5.74, 6) is 0. The molecule has 0 aliphatic heterocycles. The van der Waals surface area contributed by atoms with Gasteiger partial charge in [-0.25, -0.2) is 4.68 Å². The van der Waals surface area contributed by atoms with E-state index in [4.69, 9.17) is 17.3 Å². The number of halogens is 1. The molecule has 0 radical (unpaired) electrons. The maximum Gasteiger partial charge on any atom is 0.0835 e. The molecule has 1 unspecified atom stereocenters. The van der Waals surface area contributed by atoms with Crippen LogP contribution in [0, 0.1) is 0 Å². The summed E-state index contributed by atoms with van der Waals surface area (Å²) in [6.07, 6.45) is 2.16. The second kappa shape index (κ2) is 4.96. The number of para-hydroxylation sites is 1. The van der Waals surface area contributed by atoms with Crippen LogP contribution in [0.3, 0.4) is 0 Å². The third-order valence-corrected chi connectivity index (χ3v) is 3.92. The molecule has 100 valence electrons. The first-order chi connectivity index (χ1) is 9.22. The number of rotatable bonds is 2. The van der Waals surface area contributed by atoms with Crippen molar-refractivity contribution in [2.45, 2.75) is 31.9 Å². The van der Waals surface area contributed by atoms with Crippen molar-refractivity contribution in [1.82, 2.24) is 9.78 Å². The Morgan fingerprint density at radius 2 is 2.21 bits per heavy atom. The van der Waals surface area contributed by atoms with Gasteiger partial charge in [-0.1, -0.05) is 23.7 Å². The van der Waals surface area contributed by atoms with Gasteiger partial charge in [-0.2, -0.15) is 5.10 Å². The van der Waals surface area contributed by atoms with Gasteiger partial charge in [0.15, 0.2) is 0 Å². The van der Waals surface area contributed by atoms with Crippen molar-refractivity contribution >= 4 is 11.6 Å². The van der Waals surface area contributed by atoms with E-state index in [1.807, 2.05) is 28.9 Å². The number of fused-ring (bicyclic) bond motifs is 1. The predicted octanol–water partition coefficient (Wildman–Crippen LogP) is 2.35. The average molecular weight is 278 g/mol. The Balaban J connectivity index is 2.21. The molecule has 2 aromatic rings. The van der Waals surface area contributed by atoms with Gasteiger partial charge in [0.25, 0.3) is 0 Å². The average Bonchev–Trinajstić information content (AvgIpc) is 2.79. The molecule has 3 N–H and O–H groups in total. The largest absolute Gasteiger partial charge is 0.388 e. The molecule has 1 aliphatic carbocycles. The van der Waals surface area contributed by atoms with Crippen LogP contribution in [0.5, 0.6) is 0 Å². The molecule has 1 aromatic heterocycles. The van der Waals surface area contributed by atoms with Gasteiger partial charge in [0.05, 0.1) is 28.2 Å². The molecule has 1 heterocycles. The zero-order valence-electron chi connectivity index (χ0n) is 10.5. The van der Waals surface area contributed by atoms with Crippen LogP contribution < -0.4 is 5.73 Å². The Labute approximate surface area is 116 Å². The van der Waals surface area contributed by atoms with Gasteiger partial charge in [-0.05, 0) is 31.4 Å². The fraction of sp³-hybridized carbons (Fsp3) is 0.357. The maximum absolute atomic E-state index is 10.2. The highest BCUT2D eigenvalue weighted by Crippen LogP contribution is 2.34. The maximum atomic E-state index is 10.2.